The molecule has 8 heteroatoms. The van der Waals surface area contributed by atoms with Crippen LogP contribution in [-0.2, 0) is 11.3 Å². The van der Waals surface area contributed by atoms with Gasteiger partial charge in [0.15, 0.2) is 5.13 Å². The van der Waals surface area contributed by atoms with Crippen molar-refractivity contribution in [3.05, 3.63) is 44.4 Å². The van der Waals surface area contributed by atoms with Gasteiger partial charge in [-0.15, -0.1) is 11.3 Å². The SMILES string of the molecule is Cc1cc(C2CCCO2)oc(=O)c1C(=O)NCc1csc(N2CCCC2)n1. The fourth-order valence-electron chi connectivity index (χ4n) is 3.56. The topological polar surface area (TPSA) is 84.7 Å². The highest BCUT2D eigenvalue weighted by Crippen LogP contribution is 2.28. The van der Waals surface area contributed by atoms with E-state index < -0.39 is 11.5 Å². The van der Waals surface area contributed by atoms with E-state index in [1.165, 1.54) is 12.8 Å². The molecule has 4 heterocycles. The number of nitrogens with zero attached hydrogens (tertiary/aromatic N) is 2. The molecule has 1 amide bonds. The molecule has 27 heavy (non-hydrogen) atoms. The second-order valence-electron chi connectivity index (χ2n) is 6.99. The Bertz CT molecular complexity index is 879. The molecule has 1 N–H and O–H groups in total. The molecule has 1 atom stereocenters. The van der Waals surface area contributed by atoms with E-state index in [9.17, 15) is 9.59 Å². The maximum atomic E-state index is 12.5. The van der Waals surface area contributed by atoms with Crippen LogP contribution < -0.4 is 15.8 Å². The number of amides is 1. The highest BCUT2D eigenvalue weighted by molar-refractivity contribution is 7.13. The molecule has 0 aromatic carbocycles. The van der Waals surface area contributed by atoms with Gasteiger partial charge in [0.1, 0.15) is 17.4 Å². The third-order valence-electron chi connectivity index (χ3n) is 4.99. The molecule has 2 fully saturated rings. The van der Waals surface area contributed by atoms with Crippen molar-refractivity contribution in [2.24, 2.45) is 0 Å². The zero-order chi connectivity index (χ0) is 18.8. The fourth-order valence-corrected chi connectivity index (χ4v) is 4.44. The van der Waals surface area contributed by atoms with Crippen LogP contribution in [0.3, 0.4) is 0 Å². The molecular formula is C19H23N3O4S. The molecule has 2 aromatic rings. The summed E-state index contributed by atoms with van der Waals surface area (Å²) in [6.45, 7) is 4.78. The lowest BCUT2D eigenvalue weighted by molar-refractivity contribution is 0.0882. The van der Waals surface area contributed by atoms with E-state index in [2.05, 4.69) is 15.2 Å². The first-order valence-corrected chi connectivity index (χ1v) is 10.2. The number of hydrogen-bond donors (Lipinski definition) is 1. The van der Waals surface area contributed by atoms with Crippen LogP contribution in [0, 0.1) is 6.92 Å². The molecule has 0 aliphatic carbocycles. The van der Waals surface area contributed by atoms with Gasteiger partial charge in [0.2, 0.25) is 0 Å². The molecule has 2 aromatic heterocycles. The standard InChI is InChI=1S/C19H23N3O4S/c1-12-9-15(14-5-4-8-25-14)26-18(24)16(12)17(23)20-10-13-11-27-19(21-13)22-6-2-3-7-22/h9,11,14H,2-8,10H2,1H3,(H,20,23). The Kier molecular flexibility index (Phi) is 5.27. The monoisotopic (exact) mass is 389 g/mol. The lowest BCUT2D eigenvalue weighted by Crippen LogP contribution is -2.29. The van der Waals surface area contributed by atoms with Gasteiger partial charge in [-0.3, -0.25) is 4.79 Å². The minimum absolute atomic E-state index is 0.0479. The summed E-state index contributed by atoms with van der Waals surface area (Å²) in [5.74, 6) is 0.0668. The number of aryl methyl sites for hydroxylation is 1. The van der Waals surface area contributed by atoms with Crippen molar-refractivity contribution in [2.75, 3.05) is 24.6 Å². The number of rotatable bonds is 5. The summed E-state index contributed by atoms with van der Waals surface area (Å²) in [4.78, 5) is 31.7. The summed E-state index contributed by atoms with van der Waals surface area (Å²) >= 11 is 1.59. The summed E-state index contributed by atoms with van der Waals surface area (Å²) in [5, 5.41) is 5.73. The zero-order valence-electron chi connectivity index (χ0n) is 15.3. The Labute approximate surface area is 161 Å². The van der Waals surface area contributed by atoms with Crippen LogP contribution in [0.1, 0.15) is 59.2 Å². The van der Waals surface area contributed by atoms with Gasteiger partial charge in [-0.25, -0.2) is 9.78 Å². The minimum Gasteiger partial charge on any atom is -0.424 e. The van der Waals surface area contributed by atoms with Gasteiger partial charge < -0.3 is 19.4 Å². The summed E-state index contributed by atoms with van der Waals surface area (Å²) in [7, 11) is 0. The number of nitrogens with one attached hydrogen (secondary N) is 1. The molecule has 2 aliphatic rings. The first-order valence-electron chi connectivity index (χ1n) is 9.35. The number of aromatic nitrogens is 1. The normalized spacial score (nSPS) is 19.6. The number of thiazole rings is 1. The van der Waals surface area contributed by atoms with Crippen molar-refractivity contribution in [2.45, 2.75) is 45.3 Å². The molecule has 2 saturated heterocycles. The molecule has 7 nitrogen and oxygen atoms in total. The predicted molar refractivity (Wildman–Crippen MR) is 102 cm³/mol. The zero-order valence-corrected chi connectivity index (χ0v) is 16.1. The molecule has 4 rings (SSSR count). The molecule has 0 saturated carbocycles. The van der Waals surface area contributed by atoms with Crippen LogP contribution in [0.4, 0.5) is 5.13 Å². The Morgan fingerprint density at radius 3 is 2.89 bits per heavy atom. The molecule has 2 aliphatic heterocycles. The fraction of sp³-hybridized carbons (Fsp3) is 0.526. The third kappa shape index (κ3) is 3.91. The second-order valence-corrected chi connectivity index (χ2v) is 7.83. The van der Waals surface area contributed by atoms with Crippen molar-refractivity contribution in [1.29, 1.82) is 0 Å². The average molecular weight is 389 g/mol. The van der Waals surface area contributed by atoms with Gasteiger partial charge in [0.25, 0.3) is 5.91 Å². The van der Waals surface area contributed by atoms with E-state index in [1.807, 2.05) is 5.38 Å². The van der Waals surface area contributed by atoms with E-state index in [0.29, 0.717) is 17.9 Å². The van der Waals surface area contributed by atoms with E-state index in [-0.39, 0.29) is 18.2 Å². The van der Waals surface area contributed by atoms with Crippen LogP contribution >= 0.6 is 11.3 Å². The van der Waals surface area contributed by atoms with Crippen LogP contribution in [0.25, 0.3) is 0 Å². The Balaban J connectivity index is 1.43. The number of hydrogen-bond acceptors (Lipinski definition) is 7. The largest absolute Gasteiger partial charge is 0.424 e. The summed E-state index contributed by atoms with van der Waals surface area (Å²) in [5.41, 5.74) is 0.833. The summed E-state index contributed by atoms with van der Waals surface area (Å²) < 4.78 is 10.9. The van der Waals surface area contributed by atoms with Crippen LogP contribution in [0.2, 0.25) is 0 Å². The van der Waals surface area contributed by atoms with E-state index in [4.69, 9.17) is 9.15 Å². The number of ether oxygens (including phenoxy) is 1. The van der Waals surface area contributed by atoms with Gasteiger partial charge in [0.05, 0.1) is 12.2 Å². The Morgan fingerprint density at radius 1 is 1.37 bits per heavy atom. The lowest BCUT2D eigenvalue weighted by Gasteiger charge is -2.12. The first-order chi connectivity index (χ1) is 13.1. The molecule has 0 bridgehead atoms. The molecule has 0 radical (unpaired) electrons. The van der Waals surface area contributed by atoms with Crippen molar-refractivity contribution in [3.63, 3.8) is 0 Å². The van der Waals surface area contributed by atoms with Crippen molar-refractivity contribution < 1.29 is 13.9 Å². The predicted octanol–water partition coefficient (Wildman–Crippen LogP) is 2.79. The van der Waals surface area contributed by atoms with Crippen LogP contribution in [0.5, 0.6) is 0 Å². The van der Waals surface area contributed by atoms with Crippen molar-refractivity contribution >= 4 is 22.4 Å². The molecule has 144 valence electrons. The van der Waals surface area contributed by atoms with Gasteiger partial charge in [-0.05, 0) is 44.2 Å². The van der Waals surface area contributed by atoms with Gasteiger partial charge >= 0.3 is 5.63 Å². The Hall–Kier alpha value is -2.19. The first kappa shape index (κ1) is 18.2. The van der Waals surface area contributed by atoms with Crippen molar-refractivity contribution in [3.8, 4) is 0 Å². The number of carbonyl (C=O) groups is 1. The lowest BCUT2D eigenvalue weighted by atomic mass is 10.1. The maximum Gasteiger partial charge on any atom is 0.349 e. The quantitative estimate of drug-likeness (QED) is 0.846. The molecular weight excluding hydrogens is 366 g/mol. The van der Waals surface area contributed by atoms with E-state index >= 15 is 0 Å². The minimum atomic E-state index is -0.617. The summed E-state index contributed by atoms with van der Waals surface area (Å²) in [6.07, 6.45) is 3.98. The van der Waals surface area contributed by atoms with Gasteiger partial charge in [-0.2, -0.15) is 0 Å². The third-order valence-corrected chi connectivity index (χ3v) is 5.94. The van der Waals surface area contributed by atoms with Gasteiger partial charge in [0, 0.05) is 25.1 Å². The smallest absolute Gasteiger partial charge is 0.349 e. The second kappa shape index (κ2) is 7.82. The molecule has 1 unspecified atom stereocenters. The van der Waals surface area contributed by atoms with Gasteiger partial charge in [-0.1, -0.05) is 0 Å². The van der Waals surface area contributed by atoms with Crippen molar-refractivity contribution in [1.82, 2.24) is 10.3 Å². The number of anilines is 1. The number of carbonyl (C=O) groups excluding carboxylic acids is 1. The Morgan fingerprint density at radius 2 is 2.19 bits per heavy atom. The van der Waals surface area contributed by atoms with E-state index in [0.717, 1.165) is 36.8 Å². The molecule has 0 spiro atoms. The maximum absolute atomic E-state index is 12.5. The van der Waals surface area contributed by atoms with E-state index in [1.54, 1.807) is 24.3 Å². The highest BCUT2D eigenvalue weighted by Gasteiger charge is 2.24. The highest BCUT2D eigenvalue weighted by atomic mass is 32.1. The average Bonchev–Trinajstić information content (AvgIpc) is 3.41. The summed E-state index contributed by atoms with van der Waals surface area (Å²) in [6, 6.07) is 1.74. The van der Waals surface area contributed by atoms with Crippen LogP contribution in [0.15, 0.2) is 20.7 Å². The van der Waals surface area contributed by atoms with Crippen LogP contribution in [-0.4, -0.2) is 30.6 Å².